The molecule has 22 heavy (non-hydrogen) atoms. The Bertz CT molecular complexity index is 604. The summed E-state index contributed by atoms with van der Waals surface area (Å²) in [6, 6.07) is 6.92. The molecular formula is C20H28O2. The first kappa shape index (κ1) is 15.6. The topological polar surface area (TPSA) is 37.3 Å². The van der Waals surface area contributed by atoms with Crippen LogP contribution in [0.3, 0.4) is 0 Å². The first-order valence-electron chi connectivity index (χ1n) is 8.66. The summed E-state index contributed by atoms with van der Waals surface area (Å²) >= 11 is 0. The minimum atomic E-state index is -0.606. The van der Waals surface area contributed by atoms with Crippen LogP contribution >= 0.6 is 0 Å². The Hall–Kier alpha value is -1.31. The second kappa shape index (κ2) is 5.11. The monoisotopic (exact) mass is 300 g/mol. The second-order valence-electron chi connectivity index (χ2n) is 8.16. The average molecular weight is 300 g/mol. The fourth-order valence-corrected chi connectivity index (χ4v) is 5.13. The largest absolute Gasteiger partial charge is 0.481 e. The molecule has 2 aliphatic carbocycles. The smallest absolute Gasteiger partial charge is 0.309 e. The van der Waals surface area contributed by atoms with Gasteiger partial charge in [-0.15, -0.1) is 0 Å². The van der Waals surface area contributed by atoms with E-state index in [1.54, 1.807) is 0 Å². The molecule has 1 aromatic rings. The van der Waals surface area contributed by atoms with Gasteiger partial charge in [-0.25, -0.2) is 0 Å². The van der Waals surface area contributed by atoms with Gasteiger partial charge in [0.2, 0.25) is 0 Å². The normalized spacial score (nSPS) is 34.1. The van der Waals surface area contributed by atoms with E-state index >= 15 is 0 Å². The predicted molar refractivity (Wildman–Crippen MR) is 89.3 cm³/mol. The van der Waals surface area contributed by atoms with Crippen LogP contribution in [-0.2, 0) is 16.6 Å². The second-order valence-corrected chi connectivity index (χ2v) is 8.16. The number of carbonyl (C=O) groups is 1. The number of benzene rings is 1. The van der Waals surface area contributed by atoms with E-state index in [4.69, 9.17) is 0 Å². The van der Waals surface area contributed by atoms with E-state index in [1.165, 1.54) is 16.7 Å². The van der Waals surface area contributed by atoms with Gasteiger partial charge in [-0.3, -0.25) is 4.79 Å². The molecule has 2 nitrogen and oxygen atoms in total. The summed E-state index contributed by atoms with van der Waals surface area (Å²) in [5.74, 6) is 0.195. The third kappa shape index (κ3) is 2.11. The van der Waals surface area contributed by atoms with Crippen molar-refractivity contribution in [2.24, 2.45) is 11.3 Å². The van der Waals surface area contributed by atoms with Crippen molar-refractivity contribution in [1.29, 1.82) is 0 Å². The van der Waals surface area contributed by atoms with Crippen LogP contribution in [0.15, 0.2) is 18.2 Å². The number of aryl methyl sites for hydroxylation is 1. The Morgan fingerprint density at radius 3 is 2.64 bits per heavy atom. The fraction of sp³-hybridized carbons (Fsp3) is 0.650. The number of hydrogen-bond donors (Lipinski definition) is 1. The first-order chi connectivity index (χ1) is 10.3. The van der Waals surface area contributed by atoms with Gasteiger partial charge in [0.25, 0.3) is 0 Å². The Kier molecular flexibility index (Phi) is 3.62. The highest BCUT2D eigenvalue weighted by Gasteiger charge is 2.55. The van der Waals surface area contributed by atoms with Crippen molar-refractivity contribution < 1.29 is 9.90 Å². The number of fused-ring (bicyclic) bond motifs is 3. The van der Waals surface area contributed by atoms with Crippen molar-refractivity contribution in [3.05, 3.63) is 34.9 Å². The molecule has 1 fully saturated rings. The van der Waals surface area contributed by atoms with E-state index in [-0.39, 0.29) is 11.3 Å². The molecule has 0 amide bonds. The Balaban J connectivity index is 2.08. The van der Waals surface area contributed by atoms with Gasteiger partial charge in [-0.1, -0.05) is 45.4 Å². The van der Waals surface area contributed by atoms with E-state index < -0.39 is 11.4 Å². The summed E-state index contributed by atoms with van der Waals surface area (Å²) in [6.07, 6.45) is 4.99. The molecule has 0 radical (unpaired) electrons. The summed E-state index contributed by atoms with van der Waals surface area (Å²) in [4.78, 5) is 11.9. The van der Waals surface area contributed by atoms with Crippen molar-refractivity contribution in [3.8, 4) is 0 Å². The lowest BCUT2D eigenvalue weighted by molar-refractivity contribution is -0.157. The highest BCUT2D eigenvalue weighted by molar-refractivity contribution is 5.75. The van der Waals surface area contributed by atoms with Crippen LogP contribution in [-0.4, -0.2) is 11.1 Å². The lowest BCUT2D eigenvalue weighted by Crippen LogP contribution is -2.52. The van der Waals surface area contributed by atoms with Gasteiger partial charge < -0.3 is 5.11 Å². The molecule has 2 heteroatoms. The molecule has 0 heterocycles. The van der Waals surface area contributed by atoms with Crippen LogP contribution in [0, 0.1) is 11.3 Å². The maximum atomic E-state index is 11.9. The van der Waals surface area contributed by atoms with E-state index in [9.17, 15) is 9.90 Å². The summed E-state index contributed by atoms with van der Waals surface area (Å²) in [5.41, 5.74) is 3.73. The summed E-state index contributed by atoms with van der Waals surface area (Å²) < 4.78 is 0. The number of carboxylic acid groups (broad SMARTS) is 1. The highest BCUT2D eigenvalue weighted by Crippen LogP contribution is 2.57. The summed E-state index contributed by atoms with van der Waals surface area (Å²) in [7, 11) is 0. The Morgan fingerprint density at radius 1 is 1.27 bits per heavy atom. The van der Waals surface area contributed by atoms with E-state index in [0.29, 0.717) is 5.92 Å². The number of aliphatic carboxylic acids is 1. The van der Waals surface area contributed by atoms with Crippen LogP contribution in [0.25, 0.3) is 0 Å². The third-order valence-electron chi connectivity index (χ3n) is 6.53. The average Bonchev–Trinajstić information content (AvgIpc) is 2.46. The van der Waals surface area contributed by atoms with Gasteiger partial charge in [0.1, 0.15) is 0 Å². The Labute approximate surface area is 133 Å². The molecule has 120 valence electrons. The zero-order valence-corrected chi connectivity index (χ0v) is 14.3. The van der Waals surface area contributed by atoms with E-state index in [1.807, 2.05) is 6.92 Å². The van der Waals surface area contributed by atoms with Gasteiger partial charge in [0, 0.05) is 0 Å². The van der Waals surface area contributed by atoms with Gasteiger partial charge in [-0.2, -0.15) is 0 Å². The molecule has 1 N–H and O–H groups in total. The number of hydrogen-bond acceptors (Lipinski definition) is 1. The number of rotatable bonds is 2. The summed E-state index contributed by atoms with van der Waals surface area (Å²) in [5, 5.41) is 9.82. The minimum absolute atomic E-state index is 0.0223. The molecule has 0 aliphatic heterocycles. The standard InChI is InChI=1S/C20H28O2/c1-13(2)14-6-8-16-15(12-14)7-9-17-19(16,3)10-5-11-20(17,4)18(21)22/h6,8,12-13,17H,5,7,9-11H2,1-4H3,(H,21,22)/t17?,19?,20-/m1/s1. The molecule has 0 aromatic heterocycles. The van der Waals surface area contributed by atoms with Crippen LogP contribution in [0.2, 0.25) is 0 Å². The fourth-order valence-electron chi connectivity index (χ4n) is 5.13. The highest BCUT2D eigenvalue weighted by atomic mass is 16.4. The van der Waals surface area contributed by atoms with Crippen molar-refractivity contribution in [2.45, 2.75) is 71.1 Å². The van der Waals surface area contributed by atoms with Crippen LogP contribution < -0.4 is 0 Å². The van der Waals surface area contributed by atoms with Crippen molar-refractivity contribution in [2.75, 3.05) is 0 Å². The third-order valence-corrected chi connectivity index (χ3v) is 6.53. The molecule has 0 bridgehead atoms. The van der Waals surface area contributed by atoms with Gasteiger partial charge in [0.05, 0.1) is 5.41 Å². The van der Waals surface area contributed by atoms with E-state index in [2.05, 4.69) is 39.0 Å². The molecule has 0 saturated heterocycles. The molecule has 0 spiro atoms. The molecule has 1 aromatic carbocycles. The van der Waals surface area contributed by atoms with Crippen LogP contribution in [0.1, 0.15) is 76.0 Å². The lowest BCUT2D eigenvalue weighted by Gasteiger charge is -2.53. The van der Waals surface area contributed by atoms with Crippen LogP contribution in [0.4, 0.5) is 0 Å². The zero-order chi connectivity index (χ0) is 16.1. The summed E-state index contributed by atoms with van der Waals surface area (Å²) in [6.45, 7) is 8.75. The van der Waals surface area contributed by atoms with Crippen LogP contribution in [0.5, 0.6) is 0 Å². The molecule has 1 saturated carbocycles. The quantitative estimate of drug-likeness (QED) is 0.843. The SMILES string of the molecule is CC(C)c1ccc2c(c1)CCC1C2(C)CCC[C@@]1(C)C(=O)O. The molecule has 3 atom stereocenters. The van der Waals surface area contributed by atoms with Crippen molar-refractivity contribution in [3.63, 3.8) is 0 Å². The maximum absolute atomic E-state index is 11.9. The molecule has 2 unspecified atom stereocenters. The maximum Gasteiger partial charge on any atom is 0.309 e. The number of carboxylic acids is 1. The van der Waals surface area contributed by atoms with Crippen molar-refractivity contribution >= 4 is 5.97 Å². The van der Waals surface area contributed by atoms with Gasteiger partial charge in [-0.05, 0) is 66.5 Å². The molecule has 3 rings (SSSR count). The van der Waals surface area contributed by atoms with Crippen molar-refractivity contribution in [1.82, 2.24) is 0 Å². The van der Waals surface area contributed by atoms with E-state index in [0.717, 1.165) is 32.1 Å². The minimum Gasteiger partial charge on any atom is -0.481 e. The van der Waals surface area contributed by atoms with Gasteiger partial charge in [0.15, 0.2) is 0 Å². The lowest BCUT2D eigenvalue weighted by atomic mass is 9.50. The molecular weight excluding hydrogens is 272 g/mol. The zero-order valence-electron chi connectivity index (χ0n) is 14.3. The van der Waals surface area contributed by atoms with Gasteiger partial charge >= 0.3 is 5.97 Å². The molecule has 2 aliphatic rings. The predicted octanol–water partition coefficient (Wildman–Crippen LogP) is 4.90. The Morgan fingerprint density at radius 2 is 2.00 bits per heavy atom. The first-order valence-corrected chi connectivity index (χ1v) is 8.66.